The normalized spacial score (nSPS) is 14.6. The monoisotopic (exact) mass is 388 g/mol. The maximum atomic E-state index is 13.1. The highest BCUT2D eigenvalue weighted by atomic mass is 19.4. The first-order chi connectivity index (χ1) is 12.6. The maximum Gasteiger partial charge on any atom is 0.417 e. The first kappa shape index (κ1) is 20.2. The summed E-state index contributed by atoms with van der Waals surface area (Å²) in [4.78, 5) is 36.8. The van der Waals surface area contributed by atoms with E-state index in [0.29, 0.717) is 6.07 Å². The standard InChI is InChI=1S/C16H15F3N2O6/c1-27-15(26)8-7-21(5-6-22)13(23)12(8)20-10-4-2-3-9(16(17,18)19)11(10)14(24)25/h2-4,20,22H,5-7H2,1H3,(H,24,25). The highest BCUT2D eigenvalue weighted by Gasteiger charge is 2.39. The third-order valence-corrected chi connectivity index (χ3v) is 3.80. The van der Waals surface area contributed by atoms with E-state index in [2.05, 4.69) is 10.1 Å². The number of aliphatic hydroxyl groups is 1. The number of hydrogen-bond donors (Lipinski definition) is 3. The van der Waals surface area contributed by atoms with Crippen molar-refractivity contribution < 1.29 is 42.5 Å². The van der Waals surface area contributed by atoms with Crippen molar-refractivity contribution in [3.8, 4) is 0 Å². The number of rotatable bonds is 6. The van der Waals surface area contributed by atoms with E-state index in [0.717, 1.165) is 24.1 Å². The molecule has 2 rings (SSSR count). The number of nitrogens with zero attached hydrogens (tertiary/aromatic N) is 1. The molecule has 0 aliphatic carbocycles. The lowest BCUT2D eigenvalue weighted by molar-refractivity contribution is -0.138. The number of carbonyl (C=O) groups excluding carboxylic acids is 2. The summed E-state index contributed by atoms with van der Waals surface area (Å²) in [6, 6.07) is 2.61. The third kappa shape index (κ3) is 4.03. The summed E-state index contributed by atoms with van der Waals surface area (Å²) in [5, 5.41) is 20.6. The lowest BCUT2D eigenvalue weighted by Crippen LogP contribution is -2.31. The molecule has 1 aliphatic rings. The van der Waals surface area contributed by atoms with E-state index in [1.807, 2.05) is 0 Å². The van der Waals surface area contributed by atoms with Gasteiger partial charge in [-0.1, -0.05) is 6.07 Å². The van der Waals surface area contributed by atoms with Crippen LogP contribution in [0, 0.1) is 0 Å². The molecular formula is C16H15F3N2O6. The van der Waals surface area contributed by atoms with Gasteiger partial charge in [0.15, 0.2) is 0 Å². The van der Waals surface area contributed by atoms with Gasteiger partial charge < -0.3 is 25.2 Å². The molecule has 1 aliphatic heterocycles. The third-order valence-electron chi connectivity index (χ3n) is 3.80. The van der Waals surface area contributed by atoms with E-state index in [4.69, 9.17) is 5.11 Å². The van der Waals surface area contributed by atoms with Crippen molar-refractivity contribution in [3.05, 3.63) is 40.6 Å². The molecule has 8 nitrogen and oxygen atoms in total. The lowest BCUT2D eigenvalue weighted by Gasteiger charge is -2.17. The van der Waals surface area contributed by atoms with Gasteiger partial charge in [-0.15, -0.1) is 0 Å². The van der Waals surface area contributed by atoms with E-state index in [-0.39, 0.29) is 18.7 Å². The van der Waals surface area contributed by atoms with Crippen LogP contribution in [-0.2, 0) is 20.5 Å². The number of halogens is 3. The molecule has 0 aromatic heterocycles. The number of nitrogens with one attached hydrogen (secondary N) is 1. The molecule has 1 aromatic rings. The largest absolute Gasteiger partial charge is 0.478 e. The SMILES string of the molecule is COC(=O)C1=C(Nc2cccc(C(F)(F)F)c2C(=O)O)C(=O)N(CCO)C1. The highest BCUT2D eigenvalue weighted by Crippen LogP contribution is 2.36. The van der Waals surface area contributed by atoms with Crippen LogP contribution in [0.2, 0.25) is 0 Å². The number of methoxy groups -OCH3 is 1. The lowest BCUT2D eigenvalue weighted by atomic mass is 10.0. The van der Waals surface area contributed by atoms with Crippen LogP contribution in [0.1, 0.15) is 15.9 Å². The van der Waals surface area contributed by atoms with Gasteiger partial charge >= 0.3 is 18.1 Å². The first-order valence-corrected chi connectivity index (χ1v) is 7.54. The second kappa shape index (κ2) is 7.66. The molecule has 27 heavy (non-hydrogen) atoms. The summed E-state index contributed by atoms with van der Waals surface area (Å²) >= 11 is 0. The molecule has 0 saturated heterocycles. The molecule has 11 heteroatoms. The van der Waals surface area contributed by atoms with E-state index in [1.54, 1.807) is 0 Å². The second-order valence-electron chi connectivity index (χ2n) is 5.45. The molecule has 1 aromatic carbocycles. The van der Waals surface area contributed by atoms with Gasteiger partial charge in [0.1, 0.15) is 5.70 Å². The predicted molar refractivity (Wildman–Crippen MR) is 84.7 cm³/mol. The average Bonchev–Trinajstić information content (AvgIpc) is 2.90. The average molecular weight is 388 g/mol. The van der Waals surface area contributed by atoms with Crippen LogP contribution in [0.4, 0.5) is 18.9 Å². The van der Waals surface area contributed by atoms with Gasteiger partial charge in [0, 0.05) is 6.54 Å². The number of benzene rings is 1. The zero-order valence-electron chi connectivity index (χ0n) is 14.0. The number of hydrogen-bond acceptors (Lipinski definition) is 6. The van der Waals surface area contributed by atoms with Gasteiger partial charge in [0.2, 0.25) is 0 Å². The van der Waals surface area contributed by atoms with Crippen LogP contribution in [-0.4, -0.2) is 59.8 Å². The van der Waals surface area contributed by atoms with E-state index >= 15 is 0 Å². The zero-order chi connectivity index (χ0) is 20.4. The molecule has 1 heterocycles. The maximum absolute atomic E-state index is 13.1. The van der Waals surface area contributed by atoms with Crippen molar-refractivity contribution >= 4 is 23.5 Å². The molecule has 0 saturated carbocycles. The van der Waals surface area contributed by atoms with Gasteiger partial charge in [0.25, 0.3) is 5.91 Å². The van der Waals surface area contributed by atoms with Crippen LogP contribution in [0.5, 0.6) is 0 Å². The zero-order valence-corrected chi connectivity index (χ0v) is 14.0. The van der Waals surface area contributed by atoms with Crippen molar-refractivity contribution in [2.75, 3.05) is 32.1 Å². The first-order valence-electron chi connectivity index (χ1n) is 7.54. The Bertz CT molecular complexity index is 819. The fourth-order valence-electron chi connectivity index (χ4n) is 2.61. The fraction of sp³-hybridized carbons (Fsp3) is 0.312. The van der Waals surface area contributed by atoms with Gasteiger partial charge in [-0.3, -0.25) is 4.79 Å². The minimum atomic E-state index is -4.94. The van der Waals surface area contributed by atoms with Crippen LogP contribution in [0.15, 0.2) is 29.5 Å². The van der Waals surface area contributed by atoms with E-state index in [1.165, 1.54) is 0 Å². The number of alkyl halides is 3. The number of amides is 1. The topological polar surface area (TPSA) is 116 Å². The quantitative estimate of drug-likeness (QED) is 0.625. The minimum Gasteiger partial charge on any atom is -0.478 e. The summed E-state index contributed by atoms with van der Waals surface area (Å²) in [5.74, 6) is -3.54. The fourth-order valence-corrected chi connectivity index (χ4v) is 2.61. The second-order valence-corrected chi connectivity index (χ2v) is 5.45. The Balaban J connectivity index is 2.55. The molecule has 0 atom stereocenters. The summed E-state index contributed by atoms with van der Waals surface area (Å²) in [7, 11) is 1.05. The molecule has 0 bridgehead atoms. The molecular weight excluding hydrogens is 373 g/mol. The predicted octanol–water partition coefficient (Wildman–Crippen LogP) is 1.08. The molecule has 0 radical (unpaired) electrons. The van der Waals surface area contributed by atoms with Gasteiger partial charge in [0.05, 0.1) is 42.6 Å². The van der Waals surface area contributed by atoms with Gasteiger partial charge in [-0.25, -0.2) is 9.59 Å². The van der Waals surface area contributed by atoms with E-state index < -0.39 is 53.1 Å². The number of carbonyl (C=O) groups is 3. The highest BCUT2D eigenvalue weighted by molar-refractivity contribution is 6.09. The van der Waals surface area contributed by atoms with Crippen LogP contribution < -0.4 is 5.32 Å². The Hall–Kier alpha value is -3.08. The Morgan fingerprint density at radius 1 is 1.33 bits per heavy atom. The summed E-state index contributed by atoms with van der Waals surface area (Å²) in [5.41, 5.74) is -3.59. The summed E-state index contributed by atoms with van der Waals surface area (Å²) < 4.78 is 43.9. The molecule has 1 amide bonds. The Morgan fingerprint density at radius 3 is 2.52 bits per heavy atom. The number of ether oxygens (including phenoxy) is 1. The number of aromatic carboxylic acids is 1. The Kier molecular flexibility index (Phi) is 5.74. The van der Waals surface area contributed by atoms with Crippen molar-refractivity contribution in [3.63, 3.8) is 0 Å². The van der Waals surface area contributed by atoms with Crippen molar-refractivity contribution in [2.45, 2.75) is 6.18 Å². The smallest absolute Gasteiger partial charge is 0.417 e. The Labute approximate surface area is 150 Å². The summed E-state index contributed by atoms with van der Waals surface area (Å²) in [6.07, 6.45) is -4.94. The number of esters is 1. The molecule has 146 valence electrons. The molecule has 0 fully saturated rings. The van der Waals surface area contributed by atoms with Crippen molar-refractivity contribution in [2.24, 2.45) is 0 Å². The van der Waals surface area contributed by atoms with Crippen LogP contribution in [0.25, 0.3) is 0 Å². The summed E-state index contributed by atoms with van der Waals surface area (Å²) in [6.45, 7) is -0.772. The number of anilines is 1. The molecule has 0 spiro atoms. The van der Waals surface area contributed by atoms with Gasteiger partial charge in [-0.05, 0) is 12.1 Å². The number of aliphatic hydroxyl groups excluding tert-OH is 1. The molecule has 3 N–H and O–H groups in total. The van der Waals surface area contributed by atoms with Crippen LogP contribution in [0.3, 0.4) is 0 Å². The number of β-amino-alcohol motifs (C(OH)–C–C–N with tert-alkyl or cyclic N) is 1. The minimum absolute atomic E-state index is 0.126. The number of carboxylic acid groups (broad SMARTS) is 1. The molecule has 0 unspecified atom stereocenters. The number of carboxylic acids is 1. The van der Waals surface area contributed by atoms with E-state index in [9.17, 15) is 32.7 Å². The van der Waals surface area contributed by atoms with Gasteiger partial charge in [-0.2, -0.15) is 13.2 Å². The van der Waals surface area contributed by atoms with Crippen molar-refractivity contribution in [1.29, 1.82) is 0 Å². The van der Waals surface area contributed by atoms with Crippen LogP contribution >= 0.6 is 0 Å². The Morgan fingerprint density at radius 2 is 2.00 bits per heavy atom. The van der Waals surface area contributed by atoms with Crippen molar-refractivity contribution in [1.82, 2.24) is 4.90 Å².